The van der Waals surface area contributed by atoms with E-state index in [1.165, 1.54) is 33.5 Å². The molecule has 0 fully saturated rings. The molecule has 156 valence electrons. The lowest BCUT2D eigenvalue weighted by Crippen LogP contribution is -1.92. The SMILES string of the molecule is C.C.Cc1cccc(C)c1C.Cc1cnn(C)c1C.Cc1ncnc(C)c1C. The van der Waals surface area contributed by atoms with Gasteiger partial charge in [0.1, 0.15) is 6.33 Å². The summed E-state index contributed by atoms with van der Waals surface area (Å²) >= 11 is 0. The van der Waals surface area contributed by atoms with Gasteiger partial charge in [-0.25, -0.2) is 9.97 Å². The molecule has 2 aromatic heterocycles. The van der Waals surface area contributed by atoms with E-state index in [-0.39, 0.29) is 14.9 Å². The van der Waals surface area contributed by atoms with Gasteiger partial charge in [-0.15, -0.1) is 0 Å². The number of nitrogens with zero attached hydrogens (tertiary/aromatic N) is 4. The normalized spacial score (nSPS) is 9.04. The number of benzene rings is 1. The van der Waals surface area contributed by atoms with Crippen LogP contribution in [0.5, 0.6) is 0 Å². The van der Waals surface area contributed by atoms with Crippen molar-refractivity contribution < 1.29 is 0 Å². The van der Waals surface area contributed by atoms with Gasteiger partial charge < -0.3 is 0 Å². The minimum Gasteiger partial charge on any atom is -0.273 e. The molecule has 4 heteroatoms. The van der Waals surface area contributed by atoms with Gasteiger partial charge in [-0.2, -0.15) is 5.10 Å². The van der Waals surface area contributed by atoms with Crippen LogP contribution in [0.15, 0.2) is 30.7 Å². The molecule has 0 bridgehead atoms. The third-order valence-electron chi connectivity index (χ3n) is 4.94. The van der Waals surface area contributed by atoms with Gasteiger partial charge in [0.25, 0.3) is 0 Å². The Kier molecular flexibility index (Phi) is 12.7. The first-order chi connectivity index (χ1) is 12.1. The summed E-state index contributed by atoms with van der Waals surface area (Å²) < 4.78 is 1.87. The van der Waals surface area contributed by atoms with Crippen LogP contribution in [-0.4, -0.2) is 19.7 Å². The van der Waals surface area contributed by atoms with Gasteiger partial charge >= 0.3 is 0 Å². The molecule has 0 aliphatic rings. The lowest BCUT2D eigenvalue weighted by Gasteiger charge is -2.00. The highest BCUT2D eigenvalue weighted by molar-refractivity contribution is 5.31. The molecular formula is C24H40N4. The first-order valence-electron chi connectivity index (χ1n) is 8.88. The average Bonchev–Trinajstić information content (AvgIpc) is 2.90. The monoisotopic (exact) mass is 384 g/mol. The molecule has 0 amide bonds. The second-order valence-corrected chi connectivity index (χ2v) is 6.72. The highest BCUT2D eigenvalue weighted by Crippen LogP contribution is 2.10. The van der Waals surface area contributed by atoms with Crippen LogP contribution in [-0.2, 0) is 7.05 Å². The second kappa shape index (κ2) is 12.8. The van der Waals surface area contributed by atoms with Crippen LogP contribution >= 0.6 is 0 Å². The Morgan fingerprint density at radius 2 is 1.14 bits per heavy atom. The quantitative estimate of drug-likeness (QED) is 0.455. The predicted molar refractivity (Wildman–Crippen MR) is 123 cm³/mol. The zero-order valence-electron chi connectivity index (χ0n) is 17.7. The van der Waals surface area contributed by atoms with E-state index in [1.54, 1.807) is 6.33 Å². The molecule has 2 heterocycles. The minimum atomic E-state index is 0. The third-order valence-corrected chi connectivity index (χ3v) is 4.94. The lowest BCUT2D eigenvalue weighted by molar-refractivity contribution is 0.739. The van der Waals surface area contributed by atoms with Gasteiger partial charge in [0.2, 0.25) is 0 Å². The van der Waals surface area contributed by atoms with Crippen molar-refractivity contribution in [3.63, 3.8) is 0 Å². The zero-order chi connectivity index (χ0) is 19.9. The van der Waals surface area contributed by atoms with Crippen LogP contribution < -0.4 is 0 Å². The van der Waals surface area contributed by atoms with Crippen LogP contribution in [0.25, 0.3) is 0 Å². The molecular weight excluding hydrogens is 344 g/mol. The molecule has 0 radical (unpaired) electrons. The van der Waals surface area contributed by atoms with Gasteiger partial charge in [0.15, 0.2) is 0 Å². The van der Waals surface area contributed by atoms with E-state index in [1.807, 2.05) is 38.7 Å². The van der Waals surface area contributed by atoms with E-state index in [4.69, 9.17) is 0 Å². The highest BCUT2D eigenvalue weighted by Gasteiger charge is 1.95. The van der Waals surface area contributed by atoms with Crippen LogP contribution in [0, 0.1) is 55.4 Å². The van der Waals surface area contributed by atoms with Gasteiger partial charge in [0, 0.05) is 24.1 Å². The van der Waals surface area contributed by atoms with Crippen LogP contribution in [0.1, 0.15) is 59.8 Å². The number of aryl methyl sites for hydroxylation is 6. The van der Waals surface area contributed by atoms with Gasteiger partial charge in [-0.1, -0.05) is 33.1 Å². The first-order valence-corrected chi connectivity index (χ1v) is 8.88. The van der Waals surface area contributed by atoms with E-state index in [0.29, 0.717) is 0 Å². The Bertz CT molecular complexity index is 738. The third kappa shape index (κ3) is 8.03. The maximum Gasteiger partial charge on any atom is 0.115 e. The van der Waals surface area contributed by atoms with E-state index in [0.717, 1.165) is 11.4 Å². The van der Waals surface area contributed by atoms with Crippen LogP contribution in [0.3, 0.4) is 0 Å². The molecule has 4 nitrogen and oxygen atoms in total. The fourth-order valence-corrected chi connectivity index (χ4v) is 2.16. The van der Waals surface area contributed by atoms with Gasteiger partial charge in [-0.3, -0.25) is 4.68 Å². The van der Waals surface area contributed by atoms with Crippen molar-refractivity contribution in [2.24, 2.45) is 7.05 Å². The first kappa shape index (κ1) is 27.7. The summed E-state index contributed by atoms with van der Waals surface area (Å²) in [6.07, 6.45) is 3.47. The highest BCUT2D eigenvalue weighted by atomic mass is 15.3. The standard InChI is InChI=1S/C9H12.C7H10N2.C6H10N2.2CH4/c1-7-5-4-6-8(2)9(7)3;1-5-6(2)8-4-9-7(5)3;1-5-4-7-8(3)6(5)2;;/h4-6H,1-3H3;4H,1-3H3;4H,1-3H3;2*1H4. The number of rotatable bonds is 0. The summed E-state index contributed by atoms with van der Waals surface area (Å²) in [7, 11) is 1.95. The topological polar surface area (TPSA) is 43.6 Å². The Hall–Kier alpha value is -2.49. The molecule has 0 saturated heterocycles. The molecule has 0 spiro atoms. The smallest absolute Gasteiger partial charge is 0.115 e. The zero-order valence-corrected chi connectivity index (χ0v) is 17.7. The van der Waals surface area contributed by atoms with Crippen molar-refractivity contribution >= 4 is 0 Å². The summed E-state index contributed by atoms with van der Waals surface area (Å²) in [4.78, 5) is 8.06. The van der Waals surface area contributed by atoms with E-state index < -0.39 is 0 Å². The van der Waals surface area contributed by atoms with Crippen LogP contribution in [0.4, 0.5) is 0 Å². The lowest BCUT2D eigenvalue weighted by atomic mass is 10.1. The summed E-state index contributed by atoms with van der Waals surface area (Å²) in [6.45, 7) is 16.6. The maximum atomic E-state index is 4.03. The molecule has 3 aromatic rings. The van der Waals surface area contributed by atoms with Crippen molar-refractivity contribution in [2.45, 2.75) is 70.2 Å². The Morgan fingerprint density at radius 1 is 0.679 bits per heavy atom. The van der Waals surface area contributed by atoms with Crippen molar-refractivity contribution in [2.75, 3.05) is 0 Å². The molecule has 0 saturated carbocycles. The summed E-state index contributed by atoms with van der Waals surface area (Å²) in [5, 5.41) is 4.03. The van der Waals surface area contributed by atoms with Crippen molar-refractivity contribution in [3.05, 3.63) is 75.6 Å². The van der Waals surface area contributed by atoms with Crippen molar-refractivity contribution in [1.82, 2.24) is 19.7 Å². The Labute approximate surface area is 173 Å². The van der Waals surface area contributed by atoms with E-state index in [9.17, 15) is 0 Å². The van der Waals surface area contributed by atoms with Crippen molar-refractivity contribution in [3.8, 4) is 0 Å². The Morgan fingerprint density at radius 3 is 1.39 bits per heavy atom. The summed E-state index contributed by atoms with van der Waals surface area (Å²) in [5.74, 6) is 0. The van der Waals surface area contributed by atoms with Crippen LogP contribution in [0.2, 0.25) is 0 Å². The van der Waals surface area contributed by atoms with Gasteiger partial charge in [0.05, 0.1) is 6.20 Å². The molecule has 1 aromatic carbocycles. The molecule has 3 rings (SSSR count). The van der Waals surface area contributed by atoms with Crippen molar-refractivity contribution in [1.29, 1.82) is 0 Å². The largest absolute Gasteiger partial charge is 0.273 e. The maximum absolute atomic E-state index is 4.03. The average molecular weight is 385 g/mol. The second-order valence-electron chi connectivity index (χ2n) is 6.72. The molecule has 28 heavy (non-hydrogen) atoms. The molecule has 0 atom stereocenters. The van der Waals surface area contributed by atoms with E-state index >= 15 is 0 Å². The number of hydrogen-bond acceptors (Lipinski definition) is 3. The molecule has 0 N–H and O–H groups in total. The molecule has 0 aliphatic carbocycles. The minimum absolute atomic E-state index is 0. The Balaban J connectivity index is 0. The summed E-state index contributed by atoms with van der Waals surface area (Å²) in [6, 6.07) is 6.38. The number of hydrogen-bond donors (Lipinski definition) is 0. The molecule has 0 unspecified atom stereocenters. The van der Waals surface area contributed by atoms with E-state index in [2.05, 4.69) is 67.9 Å². The fourth-order valence-electron chi connectivity index (χ4n) is 2.16. The summed E-state index contributed by atoms with van der Waals surface area (Å²) in [5.41, 5.74) is 10.0. The fraction of sp³-hybridized carbons (Fsp3) is 0.458. The predicted octanol–water partition coefficient (Wildman–Crippen LogP) is 6.32. The van der Waals surface area contributed by atoms with Gasteiger partial charge in [-0.05, 0) is 83.2 Å². The molecule has 0 aliphatic heterocycles. The number of aromatic nitrogens is 4.